The van der Waals surface area contributed by atoms with Gasteiger partial charge in [-0.05, 0) is 34.7 Å². The molecule has 0 aliphatic rings. The fourth-order valence-electron chi connectivity index (χ4n) is 7.33. The molecule has 7 aromatic carbocycles. The van der Waals surface area contributed by atoms with Gasteiger partial charge in [-0.15, -0.1) is 0 Å². The van der Waals surface area contributed by atoms with Gasteiger partial charge in [-0.25, -0.2) is 19.9 Å². The van der Waals surface area contributed by atoms with Gasteiger partial charge in [0, 0.05) is 44.0 Å². The van der Waals surface area contributed by atoms with Gasteiger partial charge in [-0.3, -0.25) is 0 Å². The molecule has 0 aliphatic carbocycles. The Bertz CT molecular complexity index is 2940. The molecule has 0 amide bonds. The second kappa shape index (κ2) is 13.4. The lowest BCUT2D eigenvalue weighted by molar-refractivity contribution is 1.18. The number of rotatable bonds is 6. The molecule has 0 atom stereocenters. The molecule has 10 aromatic rings. The number of hydrogen-bond donors (Lipinski definition) is 0. The second-order valence-electron chi connectivity index (χ2n) is 13.4. The molecule has 3 heterocycles. The lowest BCUT2D eigenvalue weighted by Gasteiger charge is -2.14. The minimum atomic E-state index is 0.688. The SMILES string of the molecule is c1ccc(-c2ccc(-c3cc(-c4ccc(-c5nc6ccccc6c6ccc7ccc(-c8ccccc8)nc7c56)cc4)nc(-c4ccccc4)n3)cc2)cc1. The maximum absolute atomic E-state index is 5.30. The van der Waals surface area contributed by atoms with Gasteiger partial charge in [0.25, 0.3) is 0 Å². The summed E-state index contributed by atoms with van der Waals surface area (Å²) in [5.41, 5.74) is 12.9. The highest BCUT2D eigenvalue weighted by molar-refractivity contribution is 6.20. The van der Waals surface area contributed by atoms with E-state index in [0.717, 1.165) is 83.2 Å². The Kier molecular flexibility index (Phi) is 7.77. The summed E-state index contributed by atoms with van der Waals surface area (Å²) in [7, 11) is 0. The summed E-state index contributed by atoms with van der Waals surface area (Å²) < 4.78 is 0. The van der Waals surface area contributed by atoms with Crippen LogP contribution in [-0.4, -0.2) is 19.9 Å². The molecular formula is C50H32N4. The maximum Gasteiger partial charge on any atom is 0.160 e. The lowest BCUT2D eigenvalue weighted by atomic mass is 9.96. The fourth-order valence-corrected chi connectivity index (χ4v) is 7.33. The summed E-state index contributed by atoms with van der Waals surface area (Å²) in [6, 6.07) is 67.3. The smallest absolute Gasteiger partial charge is 0.160 e. The van der Waals surface area contributed by atoms with E-state index >= 15 is 0 Å². The van der Waals surface area contributed by atoms with Crippen LogP contribution in [0, 0.1) is 0 Å². The number of para-hydroxylation sites is 1. The molecular weight excluding hydrogens is 657 g/mol. The molecule has 54 heavy (non-hydrogen) atoms. The van der Waals surface area contributed by atoms with Crippen molar-refractivity contribution >= 4 is 32.6 Å². The Balaban J connectivity index is 1.11. The first-order valence-corrected chi connectivity index (χ1v) is 18.1. The first kappa shape index (κ1) is 31.4. The minimum absolute atomic E-state index is 0.688. The van der Waals surface area contributed by atoms with Crippen molar-refractivity contribution in [2.24, 2.45) is 0 Å². The van der Waals surface area contributed by atoms with Gasteiger partial charge >= 0.3 is 0 Å². The van der Waals surface area contributed by atoms with E-state index in [0.29, 0.717) is 5.82 Å². The summed E-state index contributed by atoms with van der Waals surface area (Å²) in [5, 5.41) is 4.37. The predicted octanol–water partition coefficient (Wildman–Crippen LogP) is 12.7. The summed E-state index contributed by atoms with van der Waals surface area (Å²) >= 11 is 0. The lowest BCUT2D eigenvalue weighted by Crippen LogP contribution is -1.96. The topological polar surface area (TPSA) is 51.6 Å². The van der Waals surface area contributed by atoms with Gasteiger partial charge in [0.15, 0.2) is 5.82 Å². The Labute approximate surface area is 313 Å². The van der Waals surface area contributed by atoms with Gasteiger partial charge in [0.2, 0.25) is 0 Å². The van der Waals surface area contributed by atoms with Crippen LogP contribution < -0.4 is 0 Å². The van der Waals surface area contributed by atoms with Gasteiger partial charge in [0.05, 0.1) is 33.8 Å². The van der Waals surface area contributed by atoms with E-state index in [-0.39, 0.29) is 0 Å². The third kappa shape index (κ3) is 5.76. The van der Waals surface area contributed by atoms with Gasteiger partial charge in [0.1, 0.15) is 0 Å². The Hall–Kier alpha value is -7.30. The van der Waals surface area contributed by atoms with Crippen molar-refractivity contribution in [2.75, 3.05) is 0 Å². The Morgan fingerprint density at radius 3 is 1.46 bits per heavy atom. The van der Waals surface area contributed by atoms with E-state index < -0.39 is 0 Å². The highest BCUT2D eigenvalue weighted by Gasteiger charge is 2.17. The number of nitrogens with zero attached hydrogens (tertiary/aromatic N) is 4. The van der Waals surface area contributed by atoms with Crippen LogP contribution in [0.4, 0.5) is 0 Å². The van der Waals surface area contributed by atoms with Crippen LogP contribution in [0.3, 0.4) is 0 Å². The fraction of sp³-hybridized carbons (Fsp3) is 0. The number of fused-ring (bicyclic) bond motifs is 5. The van der Waals surface area contributed by atoms with E-state index in [4.69, 9.17) is 19.9 Å². The predicted molar refractivity (Wildman–Crippen MR) is 223 cm³/mol. The van der Waals surface area contributed by atoms with Gasteiger partial charge < -0.3 is 0 Å². The van der Waals surface area contributed by atoms with Crippen LogP contribution in [0.2, 0.25) is 0 Å². The summed E-state index contributed by atoms with van der Waals surface area (Å²) in [6.07, 6.45) is 0. The van der Waals surface area contributed by atoms with Crippen molar-refractivity contribution in [3.8, 4) is 67.5 Å². The molecule has 0 spiro atoms. The molecule has 3 aromatic heterocycles. The zero-order chi connectivity index (χ0) is 35.8. The van der Waals surface area contributed by atoms with Crippen LogP contribution in [0.1, 0.15) is 0 Å². The average molecular weight is 689 g/mol. The average Bonchev–Trinajstić information content (AvgIpc) is 3.26. The first-order valence-electron chi connectivity index (χ1n) is 18.1. The van der Waals surface area contributed by atoms with Crippen molar-refractivity contribution in [1.29, 1.82) is 0 Å². The Morgan fingerprint density at radius 2 is 0.796 bits per heavy atom. The molecule has 0 fully saturated rings. The highest BCUT2D eigenvalue weighted by atomic mass is 14.9. The first-order chi connectivity index (χ1) is 26.7. The third-order valence-electron chi connectivity index (χ3n) is 10.1. The summed E-state index contributed by atoms with van der Waals surface area (Å²) in [6.45, 7) is 0. The third-order valence-corrected chi connectivity index (χ3v) is 10.1. The zero-order valence-electron chi connectivity index (χ0n) is 29.3. The van der Waals surface area contributed by atoms with E-state index in [1.165, 1.54) is 11.1 Å². The molecule has 0 N–H and O–H groups in total. The molecule has 0 bridgehead atoms. The van der Waals surface area contributed by atoms with Crippen molar-refractivity contribution in [3.05, 3.63) is 194 Å². The largest absolute Gasteiger partial charge is 0.247 e. The van der Waals surface area contributed by atoms with Crippen LogP contribution >= 0.6 is 0 Å². The van der Waals surface area contributed by atoms with Crippen molar-refractivity contribution in [1.82, 2.24) is 19.9 Å². The number of aromatic nitrogens is 4. The van der Waals surface area contributed by atoms with Crippen LogP contribution in [0.25, 0.3) is 100 Å². The summed E-state index contributed by atoms with van der Waals surface area (Å²) in [4.78, 5) is 20.7. The van der Waals surface area contributed by atoms with Crippen molar-refractivity contribution < 1.29 is 0 Å². The quantitative estimate of drug-likeness (QED) is 0.163. The van der Waals surface area contributed by atoms with E-state index in [2.05, 4.69) is 158 Å². The molecule has 252 valence electrons. The maximum atomic E-state index is 5.30. The normalized spacial score (nSPS) is 11.3. The molecule has 0 aliphatic heterocycles. The van der Waals surface area contributed by atoms with Crippen molar-refractivity contribution in [3.63, 3.8) is 0 Å². The van der Waals surface area contributed by atoms with Gasteiger partial charge in [-0.2, -0.15) is 0 Å². The van der Waals surface area contributed by atoms with E-state index in [1.807, 2.05) is 36.4 Å². The van der Waals surface area contributed by atoms with Crippen LogP contribution in [0.5, 0.6) is 0 Å². The standard InChI is InChI=1S/C50H32N4/c1-4-12-33(13-5-1)34-20-22-36(23-21-34)45-32-46(54-50(53-45)40-16-8-3-9-17-40)37-24-26-38(27-25-37)49-47-42(41-18-10-11-19-44(41)52-49)30-28-39-29-31-43(51-48(39)47)35-14-6-2-7-15-35/h1-32H. The highest BCUT2D eigenvalue weighted by Crippen LogP contribution is 2.38. The molecule has 4 nitrogen and oxygen atoms in total. The summed E-state index contributed by atoms with van der Waals surface area (Å²) in [5.74, 6) is 0.688. The van der Waals surface area contributed by atoms with E-state index in [9.17, 15) is 0 Å². The second-order valence-corrected chi connectivity index (χ2v) is 13.4. The molecule has 0 radical (unpaired) electrons. The number of hydrogen-bond acceptors (Lipinski definition) is 4. The van der Waals surface area contributed by atoms with E-state index in [1.54, 1.807) is 0 Å². The van der Waals surface area contributed by atoms with Gasteiger partial charge in [-0.1, -0.05) is 176 Å². The van der Waals surface area contributed by atoms with Crippen LogP contribution in [-0.2, 0) is 0 Å². The number of pyridine rings is 2. The Morgan fingerprint density at radius 1 is 0.296 bits per heavy atom. The molecule has 0 saturated heterocycles. The molecule has 4 heteroatoms. The van der Waals surface area contributed by atoms with Crippen LogP contribution in [0.15, 0.2) is 194 Å². The minimum Gasteiger partial charge on any atom is -0.247 e. The molecule has 0 saturated carbocycles. The zero-order valence-corrected chi connectivity index (χ0v) is 29.3. The molecule has 0 unspecified atom stereocenters. The number of benzene rings is 7. The van der Waals surface area contributed by atoms with Crippen molar-refractivity contribution in [2.45, 2.75) is 0 Å². The monoisotopic (exact) mass is 688 g/mol. The molecule has 10 rings (SSSR count).